The number of rotatable bonds is 7. The van der Waals surface area contributed by atoms with E-state index < -0.39 is 11.9 Å². The molecule has 0 aromatic heterocycles. The van der Waals surface area contributed by atoms with Crippen LogP contribution in [0.15, 0.2) is 78.5 Å². The van der Waals surface area contributed by atoms with Gasteiger partial charge in [-0.25, -0.2) is 0 Å². The molecular formula is C29H33CoN3O3. The molecule has 1 aliphatic rings. The van der Waals surface area contributed by atoms with Crippen molar-refractivity contribution in [2.75, 3.05) is 18.1 Å². The van der Waals surface area contributed by atoms with Crippen molar-refractivity contribution in [3.8, 4) is 0 Å². The summed E-state index contributed by atoms with van der Waals surface area (Å²) in [4.78, 5) is 12.7. The summed E-state index contributed by atoms with van der Waals surface area (Å²) in [6, 6.07) is 23.8. The van der Waals surface area contributed by atoms with Crippen molar-refractivity contribution in [2.45, 2.75) is 39.0 Å². The van der Waals surface area contributed by atoms with Gasteiger partial charge in [-0.1, -0.05) is 60.7 Å². The number of nitrogens with zero attached hydrogens (tertiary/aromatic N) is 1. The summed E-state index contributed by atoms with van der Waals surface area (Å²) in [7, 11) is 0. The molecule has 0 amide bonds. The molecule has 3 aromatic rings. The van der Waals surface area contributed by atoms with Gasteiger partial charge in [0.2, 0.25) is 0 Å². The number of fused-ring (bicyclic) bond motifs is 3. The van der Waals surface area contributed by atoms with Crippen LogP contribution < -0.4 is 4.90 Å². The summed E-state index contributed by atoms with van der Waals surface area (Å²) < 4.78 is 4.41. The van der Waals surface area contributed by atoms with Crippen molar-refractivity contribution in [3.05, 3.63) is 89.6 Å². The molecular weight excluding hydrogens is 497 g/mol. The second-order valence-electron chi connectivity index (χ2n) is 8.57. The Hall–Kier alpha value is -3.42. The largest absolute Gasteiger partial charge is 0.496 e. The van der Waals surface area contributed by atoms with Crippen molar-refractivity contribution < 1.29 is 31.4 Å². The molecule has 191 valence electrons. The first-order chi connectivity index (χ1) is 16.8. The maximum absolute atomic E-state index is 10.3. The Morgan fingerprint density at radius 1 is 1.06 bits per heavy atom. The molecule has 1 unspecified atom stereocenters. The van der Waals surface area contributed by atoms with E-state index in [1.165, 1.54) is 39.5 Å². The van der Waals surface area contributed by atoms with Crippen molar-refractivity contribution in [1.82, 2.24) is 0 Å². The molecule has 6 nitrogen and oxygen atoms in total. The van der Waals surface area contributed by atoms with Gasteiger partial charge < -0.3 is 20.2 Å². The van der Waals surface area contributed by atoms with E-state index >= 15 is 0 Å². The van der Waals surface area contributed by atoms with Crippen molar-refractivity contribution >= 4 is 34.5 Å². The molecule has 0 saturated heterocycles. The molecule has 36 heavy (non-hydrogen) atoms. The Balaban J connectivity index is 0.000000394. The third-order valence-electron chi connectivity index (χ3n) is 6.18. The first-order valence-electron chi connectivity index (χ1n) is 11.8. The monoisotopic (exact) mass is 530 g/mol. The van der Waals surface area contributed by atoms with Crippen LogP contribution >= 0.6 is 0 Å². The summed E-state index contributed by atoms with van der Waals surface area (Å²) >= 11 is 0. The second-order valence-corrected chi connectivity index (χ2v) is 8.57. The van der Waals surface area contributed by atoms with Gasteiger partial charge in [0, 0.05) is 46.3 Å². The Labute approximate surface area is 223 Å². The van der Waals surface area contributed by atoms with E-state index in [0.29, 0.717) is 0 Å². The Bertz CT molecular complexity index is 1240. The first-order valence-corrected chi connectivity index (χ1v) is 11.8. The zero-order chi connectivity index (χ0) is 25.4. The molecule has 3 aromatic carbocycles. The van der Waals surface area contributed by atoms with E-state index in [2.05, 4.69) is 90.2 Å². The van der Waals surface area contributed by atoms with Gasteiger partial charge in [0.15, 0.2) is 5.90 Å². The number of hydrogen-bond donors (Lipinski definition) is 3. The van der Waals surface area contributed by atoms with Crippen LogP contribution in [0.25, 0.3) is 10.8 Å². The van der Waals surface area contributed by atoms with Crippen molar-refractivity contribution in [3.63, 3.8) is 0 Å². The van der Waals surface area contributed by atoms with Crippen LogP contribution in [0.5, 0.6) is 0 Å². The van der Waals surface area contributed by atoms with E-state index in [9.17, 15) is 4.79 Å². The number of nitrogens with one attached hydrogen (secondary N) is 2. The van der Waals surface area contributed by atoms with Crippen LogP contribution in [-0.4, -0.2) is 36.3 Å². The molecule has 4 rings (SSSR count). The quantitative estimate of drug-likeness (QED) is 0.193. The van der Waals surface area contributed by atoms with Crippen molar-refractivity contribution in [2.24, 2.45) is 0 Å². The fourth-order valence-corrected chi connectivity index (χ4v) is 4.85. The topological polar surface area (TPSA) is 97.5 Å². The number of likely N-dealkylation sites (N-methyl/N-ethyl adjacent to an activating group) is 1. The van der Waals surface area contributed by atoms with E-state index in [1.807, 2.05) is 6.08 Å². The number of carbonyl (C=O) groups excluding carboxylic acids is 1. The SMILES string of the molecule is CCN1/C(=C\C=N)C(C)(Cc2ccccc2)c2c1ccc1ccccc21.CCOC(=O)CC(=N)O.[Co]. The second kappa shape index (κ2) is 13.0. The van der Waals surface area contributed by atoms with Gasteiger partial charge in [0.05, 0.1) is 6.61 Å². The number of esters is 1. The van der Waals surface area contributed by atoms with Gasteiger partial charge in [-0.2, -0.15) is 0 Å². The standard InChI is InChI=1S/C24H24N2.C5H9NO3.Co/c1-3-26-21-14-13-19-11-7-8-12-20(19)23(21)24(2,22(26)15-16-25)17-18-9-5-4-6-10-18;1-2-9-5(8)3-4(6)7;/h4-16,25H,3,17H2,1-2H3;2-3H2,1H3,(H2,6,7);/b22-15-,25-16?;;. The van der Waals surface area contributed by atoms with Crippen LogP contribution in [-0.2, 0) is 38.1 Å². The Morgan fingerprint density at radius 2 is 1.72 bits per heavy atom. The van der Waals surface area contributed by atoms with E-state index in [-0.39, 0.29) is 35.2 Å². The molecule has 1 atom stereocenters. The average molecular weight is 531 g/mol. The Morgan fingerprint density at radius 3 is 2.33 bits per heavy atom. The minimum atomic E-state index is -0.659. The molecule has 1 heterocycles. The number of anilines is 1. The molecule has 0 fully saturated rings. The van der Waals surface area contributed by atoms with E-state index in [1.54, 1.807) is 6.92 Å². The summed E-state index contributed by atoms with van der Waals surface area (Å²) in [5.74, 6) is -1.22. The van der Waals surface area contributed by atoms with Gasteiger partial charge in [-0.05, 0) is 61.2 Å². The molecule has 1 aliphatic heterocycles. The van der Waals surface area contributed by atoms with Crippen LogP contribution in [0.2, 0.25) is 0 Å². The third-order valence-corrected chi connectivity index (χ3v) is 6.18. The van der Waals surface area contributed by atoms with Crippen molar-refractivity contribution in [1.29, 1.82) is 10.8 Å². The fraction of sp³-hybridized carbons (Fsp3) is 0.276. The summed E-state index contributed by atoms with van der Waals surface area (Å²) in [5, 5.41) is 25.0. The van der Waals surface area contributed by atoms with Crippen LogP contribution in [0, 0.1) is 10.8 Å². The predicted octanol–water partition coefficient (Wildman–Crippen LogP) is 6.19. The Kier molecular flexibility index (Phi) is 10.4. The van der Waals surface area contributed by atoms with E-state index in [4.69, 9.17) is 15.9 Å². The molecule has 0 spiro atoms. The number of ether oxygens (including phenoxy) is 1. The average Bonchev–Trinajstić information content (AvgIpc) is 3.07. The number of aliphatic hydroxyl groups is 1. The molecule has 0 saturated carbocycles. The summed E-state index contributed by atoms with van der Waals surface area (Å²) in [6.45, 7) is 7.36. The predicted molar refractivity (Wildman–Crippen MR) is 143 cm³/mol. The first kappa shape index (κ1) is 28.8. The van der Waals surface area contributed by atoms with Gasteiger partial charge in [-0.15, -0.1) is 0 Å². The van der Waals surface area contributed by atoms with Gasteiger partial charge >= 0.3 is 5.97 Å². The molecule has 3 N–H and O–H groups in total. The summed E-state index contributed by atoms with van der Waals surface area (Å²) in [6.07, 6.45) is 4.00. The minimum Gasteiger partial charge on any atom is -0.496 e. The number of benzene rings is 3. The molecule has 7 heteroatoms. The maximum Gasteiger partial charge on any atom is 0.315 e. The van der Waals surface area contributed by atoms with Crippen LogP contribution in [0.1, 0.15) is 38.3 Å². The normalized spacial score (nSPS) is 17.0. The third kappa shape index (κ3) is 6.22. The van der Waals surface area contributed by atoms with E-state index in [0.717, 1.165) is 13.0 Å². The molecule has 0 bridgehead atoms. The minimum absolute atomic E-state index is 0. The number of carbonyl (C=O) groups is 1. The fourth-order valence-electron chi connectivity index (χ4n) is 4.85. The molecule has 1 radical (unpaired) electrons. The summed E-state index contributed by atoms with van der Waals surface area (Å²) in [5.41, 5.74) is 5.03. The zero-order valence-corrected chi connectivity index (χ0v) is 21.9. The number of allylic oxidation sites excluding steroid dienone is 2. The van der Waals surface area contributed by atoms with Crippen LogP contribution in [0.3, 0.4) is 0 Å². The van der Waals surface area contributed by atoms with Gasteiger partial charge in [0.1, 0.15) is 6.42 Å². The molecule has 0 aliphatic carbocycles. The number of hydrogen-bond acceptors (Lipinski definition) is 5. The van der Waals surface area contributed by atoms with Gasteiger partial charge in [0.25, 0.3) is 0 Å². The smallest absolute Gasteiger partial charge is 0.315 e. The van der Waals surface area contributed by atoms with Crippen LogP contribution in [0.4, 0.5) is 5.69 Å². The zero-order valence-electron chi connectivity index (χ0n) is 20.9. The maximum atomic E-state index is 10.3. The number of aliphatic hydroxyl groups excluding tert-OH is 1. The van der Waals surface area contributed by atoms with Gasteiger partial charge in [-0.3, -0.25) is 10.2 Å².